The highest BCUT2D eigenvalue weighted by molar-refractivity contribution is 7.89. The molecule has 28 heavy (non-hydrogen) atoms. The van der Waals surface area contributed by atoms with Crippen LogP contribution in [0.5, 0.6) is 0 Å². The zero-order valence-corrected chi connectivity index (χ0v) is 16.2. The Morgan fingerprint density at radius 3 is 2.54 bits per heavy atom. The van der Waals surface area contributed by atoms with E-state index in [1.165, 1.54) is 24.3 Å². The summed E-state index contributed by atoms with van der Waals surface area (Å²) >= 11 is 0. The molecule has 158 valence electrons. The van der Waals surface area contributed by atoms with Crippen molar-refractivity contribution in [2.75, 3.05) is 18.5 Å². The summed E-state index contributed by atoms with van der Waals surface area (Å²) in [6, 6.07) is 5.51. The van der Waals surface area contributed by atoms with Gasteiger partial charge in [0.05, 0.1) is 11.5 Å². The maximum Gasteiger partial charge on any atom is 0.256 e. The lowest BCUT2D eigenvalue weighted by Gasteiger charge is -2.39. The largest absolute Gasteiger partial charge is 0.394 e. The minimum atomic E-state index is -3.74. The monoisotopic (exact) mass is 418 g/mol. The molecule has 11 heteroatoms. The number of anilines is 1. The Labute approximate surface area is 163 Å². The van der Waals surface area contributed by atoms with Crippen LogP contribution < -0.4 is 10.0 Å². The summed E-state index contributed by atoms with van der Waals surface area (Å²) < 4.78 is 32.2. The number of carbonyl (C=O) groups excluding carboxylic acids is 1. The first-order chi connectivity index (χ1) is 13.2. The first-order valence-electron chi connectivity index (χ1n) is 8.92. The molecule has 0 unspecified atom stereocenters. The highest BCUT2D eigenvalue weighted by Crippen LogP contribution is 2.23. The number of carbonyl (C=O) groups is 1. The van der Waals surface area contributed by atoms with Gasteiger partial charge in [0.1, 0.15) is 24.4 Å². The van der Waals surface area contributed by atoms with E-state index in [9.17, 15) is 33.6 Å². The van der Waals surface area contributed by atoms with Crippen molar-refractivity contribution in [1.29, 1.82) is 0 Å². The Hall–Kier alpha value is -1.60. The van der Waals surface area contributed by atoms with E-state index in [0.29, 0.717) is 13.0 Å². The molecule has 0 saturated carbocycles. The van der Waals surface area contributed by atoms with E-state index in [-0.39, 0.29) is 10.6 Å². The number of hydrogen-bond acceptors (Lipinski definition) is 8. The molecule has 1 saturated heterocycles. The van der Waals surface area contributed by atoms with Crippen molar-refractivity contribution >= 4 is 21.6 Å². The molecular formula is C17H26N2O8S. The normalized spacial score (nSPS) is 28.1. The first kappa shape index (κ1) is 22.7. The summed E-state index contributed by atoms with van der Waals surface area (Å²) in [5.74, 6) is -0.856. The van der Waals surface area contributed by atoms with E-state index in [0.717, 1.165) is 6.42 Å². The third-order valence-electron chi connectivity index (χ3n) is 4.38. The number of aliphatic hydroxyl groups excluding tert-OH is 4. The van der Waals surface area contributed by atoms with Crippen LogP contribution in [0, 0.1) is 0 Å². The van der Waals surface area contributed by atoms with Gasteiger partial charge in [0.25, 0.3) is 5.91 Å². The summed E-state index contributed by atoms with van der Waals surface area (Å²) in [4.78, 5) is 12.4. The molecule has 6 N–H and O–H groups in total. The second-order valence-corrected chi connectivity index (χ2v) is 8.28. The Balaban J connectivity index is 2.12. The number of unbranched alkanes of at least 4 members (excludes halogenated alkanes) is 1. The van der Waals surface area contributed by atoms with Crippen molar-refractivity contribution in [2.24, 2.45) is 0 Å². The number of rotatable bonds is 8. The summed E-state index contributed by atoms with van der Waals surface area (Å²) in [7, 11) is -3.74. The Morgan fingerprint density at radius 1 is 1.18 bits per heavy atom. The van der Waals surface area contributed by atoms with E-state index >= 15 is 0 Å². The van der Waals surface area contributed by atoms with Crippen molar-refractivity contribution in [1.82, 2.24) is 4.72 Å². The molecule has 2 rings (SSSR count). The van der Waals surface area contributed by atoms with E-state index in [4.69, 9.17) is 4.74 Å². The van der Waals surface area contributed by atoms with Gasteiger partial charge in [0, 0.05) is 12.2 Å². The number of amides is 1. The molecule has 0 spiro atoms. The van der Waals surface area contributed by atoms with Gasteiger partial charge in [-0.2, -0.15) is 0 Å². The molecule has 5 atom stereocenters. The summed E-state index contributed by atoms with van der Waals surface area (Å²) in [6.07, 6.45) is -6.24. The number of sulfonamides is 1. The van der Waals surface area contributed by atoms with Gasteiger partial charge in [0.15, 0.2) is 6.10 Å². The van der Waals surface area contributed by atoms with Gasteiger partial charge in [0.2, 0.25) is 10.0 Å². The average molecular weight is 418 g/mol. The first-order valence-corrected chi connectivity index (χ1v) is 10.4. The Kier molecular flexibility index (Phi) is 7.89. The Morgan fingerprint density at radius 2 is 1.89 bits per heavy atom. The van der Waals surface area contributed by atoms with E-state index < -0.39 is 53.1 Å². The minimum absolute atomic E-state index is 0.0461. The van der Waals surface area contributed by atoms with Crippen LogP contribution in [-0.2, 0) is 19.6 Å². The van der Waals surface area contributed by atoms with Crippen LogP contribution >= 0.6 is 0 Å². The summed E-state index contributed by atoms with van der Waals surface area (Å²) in [6.45, 7) is 1.57. The molecule has 1 heterocycles. The summed E-state index contributed by atoms with van der Waals surface area (Å²) in [5, 5.41) is 41.1. The molecule has 1 aromatic carbocycles. The topological polar surface area (TPSA) is 165 Å². The minimum Gasteiger partial charge on any atom is -0.394 e. The highest BCUT2D eigenvalue weighted by atomic mass is 32.2. The van der Waals surface area contributed by atoms with Crippen molar-refractivity contribution in [2.45, 2.75) is 55.2 Å². The lowest BCUT2D eigenvalue weighted by molar-refractivity contribution is -0.224. The molecule has 0 aromatic heterocycles. The lowest BCUT2D eigenvalue weighted by Crippen LogP contribution is -2.61. The zero-order valence-electron chi connectivity index (χ0n) is 15.4. The third kappa shape index (κ3) is 5.26. The molecule has 1 aliphatic rings. The van der Waals surface area contributed by atoms with Crippen molar-refractivity contribution in [3.8, 4) is 0 Å². The van der Waals surface area contributed by atoms with Gasteiger partial charge in [-0.25, -0.2) is 13.1 Å². The number of ether oxygens (including phenoxy) is 1. The number of aliphatic hydroxyl groups is 4. The smallest absolute Gasteiger partial charge is 0.256 e. The van der Waals surface area contributed by atoms with Gasteiger partial charge >= 0.3 is 0 Å². The van der Waals surface area contributed by atoms with Crippen LogP contribution in [0.3, 0.4) is 0 Å². The predicted molar refractivity (Wildman–Crippen MR) is 98.9 cm³/mol. The third-order valence-corrected chi connectivity index (χ3v) is 5.84. The summed E-state index contributed by atoms with van der Waals surface area (Å²) in [5.41, 5.74) is 0.139. The average Bonchev–Trinajstić information content (AvgIpc) is 2.66. The predicted octanol–water partition coefficient (Wildman–Crippen LogP) is -1.45. The maximum atomic E-state index is 12.4. The molecule has 1 fully saturated rings. The molecule has 0 bridgehead atoms. The number of hydrogen-bond donors (Lipinski definition) is 6. The van der Waals surface area contributed by atoms with Gasteiger partial charge in [-0.3, -0.25) is 4.79 Å². The molecule has 1 aliphatic heterocycles. The lowest BCUT2D eigenvalue weighted by atomic mass is 9.94. The van der Waals surface area contributed by atoms with Crippen LogP contribution in [0.2, 0.25) is 0 Å². The van der Waals surface area contributed by atoms with E-state index in [1.807, 2.05) is 6.92 Å². The van der Waals surface area contributed by atoms with Gasteiger partial charge in [-0.15, -0.1) is 0 Å². The number of nitrogens with one attached hydrogen (secondary N) is 2. The van der Waals surface area contributed by atoms with Crippen LogP contribution in [0.25, 0.3) is 0 Å². The molecule has 0 aliphatic carbocycles. The van der Waals surface area contributed by atoms with Crippen molar-refractivity contribution in [3.05, 3.63) is 24.3 Å². The zero-order chi connectivity index (χ0) is 20.9. The standard InChI is InChI=1S/C17H26N2O8S/c1-2-3-7-18-28(25,26)11-6-4-5-10(8-11)19-17(24)16-15(23)14(22)13(21)12(9-20)27-16/h4-6,8,12-16,18,20-23H,2-3,7,9H2,1H3,(H,19,24)/t12-,13+,14+,15-,16-/m1/s1. The number of benzene rings is 1. The molecule has 1 amide bonds. The van der Waals surface area contributed by atoms with Crippen LogP contribution in [0.1, 0.15) is 19.8 Å². The SMILES string of the molecule is CCCCNS(=O)(=O)c1cccc(NC(=O)[C@@H]2O[C@H](CO)[C@H](O)[C@H](O)[C@H]2O)c1. The second-order valence-electron chi connectivity index (χ2n) is 6.52. The molecule has 0 radical (unpaired) electrons. The van der Waals surface area contributed by atoms with E-state index in [2.05, 4.69) is 10.0 Å². The fourth-order valence-corrected chi connectivity index (χ4v) is 3.86. The van der Waals surface area contributed by atoms with Crippen LogP contribution in [0.15, 0.2) is 29.2 Å². The molecule has 1 aromatic rings. The van der Waals surface area contributed by atoms with Crippen LogP contribution in [-0.4, -0.2) is 78.4 Å². The van der Waals surface area contributed by atoms with Crippen LogP contribution in [0.4, 0.5) is 5.69 Å². The molecular weight excluding hydrogens is 392 g/mol. The van der Waals surface area contributed by atoms with Crippen molar-refractivity contribution in [3.63, 3.8) is 0 Å². The molecule has 10 nitrogen and oxygen atoms in total. The quantitative estimate of drug-likeness (QED) is 0.279. The second kappa shape index (κ2) is 9.74. The maximum absolute atomic E-state index is 12.4. The van der Waals surface area contributed by atoms with Gasteiger partial charge in [-0.1, -0.05) is 19.4 Å². The van der Waals surface area contributed by atoms with Gasteiger partial charge < -0.3 is 30.5 Å². The Bertz CT molecular complexity index is 770. The fraction of sp³-hybridized carbons (Fsp3) is 0.588. The van der Waals surface area contributed by atoms with Gasteiger partial charge in [-0.05, 0) is 24.6 Å². The fourth-order valence-electron chi connectivity index (χ4n) is 2.74. The van der Waals surface area contributed by atoms with Crippen molar-refractivity contribution < 1.29 is 38.4 Å². The van der Waals surface area contributed by atoms with E-state index in [1.54, 1.807) is 0 Å². The highest BCUT2D eigenvalue weighted by Gasteiger charge is 2.46.